The van der Waals surface area contributed by atoms with Crippen molar-refractivity contribution in [1.29, 1.82) is 0 Å². The number of rotatable bonds is 8. The van der Waals surface area contributed by atoms with Crippen molar-refractivity contribution in [2.75, 3.05) is 19.8 Å². The zero-order valence-corrected chi connectivity index (χ0v) is 10.2. The topological polar surface area (TPSA) is 75.6 Å². The van der Waals surface area contributed by atoms with E-state index in [0.29, 0.717) is 13.0 Å². The van der Waals surface area contributed by atoms with Crippen molar-refractivity contribution < 1.29 is 19.4 Å². The summed E-state index contributed by atoms with van der Waals surface area (Å²) in [7, 11) is 0. The number of carbonyl (C=O) groups excluding carboxylic acids is 1. The Morgan fingerprint density at radius 2 is 2.29 bits per heavy atom. The number of aryl methyl sites for hydroxylation is 1. The fourth-order valence-corrected chi connectivity index (χ4v) is 1.91. The molecule has 5 nitrogen and oxygen atoms in total. The molecular formula is C11H15NO4S. The van der Waals surface area contributed by atoms with Crippen LogP contribution in [0.3, 0.4) is 0 Å². The minimum Gasteiger partial charge on any atom is -0.480 e. The van der Waals surface area contributed by atoms with Crippen molar-refractivity contribution in [1.82, 2.24) is 5.32 Å². The Bertz CT molecular complexity index is 350. The predicted molar refractivity (Wildman–Crippen MR) is 64.1 cm³/mol. The molecule has 1 rings (SSSR count). The van der Waals surface area contributed by atoms with Gasteiger partial charge >= 0.3 is 5.97 Å². The number of ether oxygens (including phenoxy) is 1. The summed E-state index contributed by atoms with van der Waals surface area (Å²) in [5, 5.41) is 15.0. The van der Waals surface area contributed by atoms with Crippen LogP contribution in [-0.2, 0) is 20.7 Å². The van der Waals surface area contributed by atoms with Crippen LogP contribution in [0.2, 0.25) is 0 Å². The highest BCUT2D eigenvalue weighted by molar-refractivity contribution is 7.07. The molecule has 0 aliphatic rings. The molecule has 0 aliphatic carbocycles. The molecule has 0 unspecified atom stereocenters. The van der Waals surface area contributed by atoms with E-state index in [4.69, 9.17) is 9.84 Å². The summed E-state index contributed by atoms with van der Waals surface area (Å²) in [6.07, 6.45) is 1.17. The van der Waals surface area contributed by atoms with E-state index in [1.807, 2.05) is 16.8 Å². The third-order valence-corrected chi connectivity index (χ3v) is 2.75. The minimum atomic E-state index is -1.01. The standard InChI is InChI=1S/C11H15NO4S/c13-10(2-1-9-3-6-17-8-9)12-4-5-16-7-11(14)15/h3,6,8H,1-2,4-5,7H2,(H,12,13)(H,14,15). The van der Waals surface area contributed by atoms with Gasteiger partial charge in [0.25, 0.3) is 0 Å². The van der Waals surface area contributed by atoms with E-state index in [-0.39, 0.29) is 19.1 Å². The molecule has 0 aromatic carbocycles. The largest absolute Gasteiger partial charge is 0.480 e. The fourth-order valence-electron chi connectivity index (χ4n) is 1.20. The summed E-state index contributed by atoms with van der Waals surface area (Å²) in [5.74, 6) is -1.05. The van der Waals surface area contributed by atoms with Gasteiger partial charge in [0.15, 0.2) is 0 Å². The van der Waals surface area contributed by atoms with Gasteiger partial charge in [0.2, 0.25) is 5.91 Å². The summed E-state index contributed by atoms with van der Waals surface area (Å²) >= 11 is 1.61. The first-order chi connectivity index (χ1) is 8.18. The van der Waals surface area contributed by atoms with E-state index in [1.54, 1.807) is 11.3 Å². The molecule has 1 amide bonds. The molecule has 0 atom stereocenters. The maximum absolute atomic E-state index is 11.4. The van der Waals surface area contributed by atoms with Gasteiger partial charge < -0.3 is 15.2 Å². The Balaban J connectivity index is 2.00. The molecule has 0 saturated heterocycles. The van der Waals surface area contributed by atoms with Crippen LogP contribution in [0.5, 0.6) is 0 Å². The van der Waals surface area contributed by atoms with Crippen LogP contribution in [0.1, 0.15) is 12.0 Å². The third kappa shape index (κ3) is 6.70. The molecule has 0 bridgehead atoms. The maximum Gasteiger partial charge on any atom is 0.329 e. The minimum absolute atomic E-state index is 0.0462. The number of nitrogens with one attached hydrogen (secondary N) is 1. The van der Waals surface area contributed by atoms with E-state index < -0.39 is 5.97 Å². The smallest absolute Gasteiger partial charge is 0.329 e. The van der Waals surface area contributed by atoms with Crippen LogP contribution in [0, 0.1) is 0 Å². The SMILES string of the molecule is O=C(O)COCCNC(=O)CCc1ccsc1. The molecule has 1 aromatic rings. The fraction of sp³-hybridized carbons (Fsp3) is 0.455. The molecule has 0 fully saturated rings. The lowest BCUT2D eigenvalue weighted by atomic mass is 10.2. The average Bonchev–Trinajstić information content (AvgIpc) is 2.78. The molecule has 94 valence electrons. The van der Waals surface area contributed by atoms with Gasteiger partial charge in [-0.2, -0.15) is 11.3 Å². The number of carboxylic acids is 1. The monoisotopic (exact) mass is 257 g/mol. The molecule has 0 aliphatic heterocycles. The van der Waals surface area contributed by atoms with Crippen molar-refractivity contribution in [2.45, 2.75) is 12.8 Å². The van der Waals surface area contributed by atoms with Crippen LogP contribution in [-0.4, -0.2) is 36.7 Å². The lowest BCUT2D eigenvalue weighted by Gasteiger charge is -2.04. The quantitative estimate of drug-likeness (QED) is 0.678. The van der Waals surface area contributed by atoms with Gasteiger partial charge in [-0.3, -0.25) is 4.79 Å². The van der Waals surface area contributed by atoms with Crippen LogP contribution >= 0.6 is 11.3 Å². The second kappa shape index (κ2) is 7.81. The number of amides is 1. The summed E-state index contributed by atoms with van der Waals surface area (Å²) in [6.45, 7) is 0.233. The van der Waals surface area contributed by atoms with E-state index in [2.05, 4.69) is 5.32 Å². The molecule has 1 heterocycles. The van der Waals surface area contributed by atoms with Crippen molar-refractivity contribution in [2.24, 2.45) is 0 Å². The van der Waals surface area contributed by atoms with Gasteiger partial charge in [0, 0.05) is 13.0 Å². The molecule has 17 heavy (non-hydrogen) atoms. The highest BCUT2D eigenvalue weighted by atomic mass is 32.1. The first kappa shape index (κ1) is 13.7. The van der Waals surface area contributed by atoms with Gasteiger partial charge in [0.1, 0.15) is 6.61 Å². The lowest BCUT2D eigenvalue weighted by Crippen LogP contribution is -2.28. The maximum atomic E-state index is 11.4. The highest BCUT2D eigenvalue weighted by Gasteiger charge is 2.02. The first-order valence-corrected chi connectivity index (χ1v) is 6.20. The number of carbonyl (C=O) groups is 2. The summed E-state index contributed by atoms with van der Waals surface area (Å²) in [6, 6.07) is 1.99. The Labute approximate surface area is 103 Å². The molecular weight excluding hydrogens is 242 g/mol. The van der Waals surface area contributed by atoms with E-state index in [1.165, 1.54) is 0 Å². The van der Waals surface area contributed by atoms with E-state index in [0.717, 1.165) is 12.0 Å². The first-order valence-electron chi connectivity index (χ1n) is 5.26. The third-order valence-electron chi connectivity index (χ3n) is 2.01. The van der Waals surface area contributed by atoms with Crippen molar-refractivity contribution >= 4 is 23.2 Å². The van der Waals surface area contributed by atoms with Crippen LogP contribution in [0.15, 0.2) is 16.8 Å². The van der Waals surface area contributed by atoms with Gasteiger partial charge in [0.05, 0.1) is 6.61 Å². The Kier molecular flexibility index (Phi) is 6.27. The predicted octanol–water partition coefficient (Wildman–Crippen LogP) is 0.898. The molecule has 0 saturated carbocycles. The van der Waals surface area contributed by atoms with E-state index >= 15 is 0 Å². The number of aliphatic carboxylic acids is 1. The van der Waals surface area contributed by atoms with Crippen LogP contribution in [0.25, 0.3) is 0 Å². The molecule has 0 radical (unpaired) electrons. The molecule has 1 aromatic heterocycles. The lowest BCUT2D eigenvalue weighted by molar-refractivity contribution is -0.142. The van der Waals surface area contributed by atoms with E-state index in [9.17, 15) is 9.59 Å². The second-order valence-corrected chi connectivity index (χ2v) is 4.21. The number of thiophene rings is 1. The second-order valence-electron chi connectivity index (χ2n) is 3.43. The van der Waals surface area contributed by atoms with Gasteiger partial charge in [-0.25, -0.2) is 4.79 Å². The van der Waals surface area contributed by atoms with Gasteiger partial charge in [-0.05, 0) is 28.8 Å². The zero-order valence-electron chi connectivity index (χ0n) is 9.35. The summed E-state index contributed by atoms with van der Waals surface area (Å²) in [4.78, 5) is 21.5. The normalized spacial score (nSPS) is 10.1. The van der Waals surface area contributed by atoms with Crippen molar-refractivity contribution in [3.8, 4) is 0 Å². The summed E-state index contributed by atoms with van der Waals surface area (Å²) < 4.78 is 4.78. The Morgan fingerprint density at radius 3 is 2.94 bits per heavy atom. The Morgan fingerprint density at radius 1 is 1.47 bits per heavy atom. The number of carboxylic acid groups (broad SMARTS) is 1. The molecule has 2 N–H and O–H groups in total. The molecule has 0 spiro atoms. The zero-order chi connectivity index (χ0) is 12.5. The average molecular weight is 257 g/mol. The Hall–Kier alpha value is -1.40. The number of hydrogen-bond acceptors (Lipinski definition) is 4. The van der Waals surface area contributed by atoms with Crippen LogP contribution < -0.4 is 5.32 Å². The van der Waals surface area contributed by atoms with Crippen molar-refractivity contribution in [3.63, 3.8) is 0 Å². The van der Waals surface area contributed by atoms with Gasteiger partial charge in [-0.15, -0.1) is 0 Å². The van der Waals surface area contributed by atoms with Crippen molar-refractivity contribution in [3.05, 3.63) is 22.4 Å². The van der Waals surface area contributed by atoms with Crippen LogP contribution in [0.4, 0.5) is 0 Å². The van der Waals surface area contributed by atoms with Gasteiger partial charge in [-0.1, -0.05) is 0 Å². The number of hydrogen-bond donors (Lipinski definition) is 2. The highest BCUT2D eigenvalue weighted by Crippen LogP contribution is 2.07. The molecule has 6 heteroatoms. The summed E-state index contributed by atoms with van der Waals surface area (Å²) in [5.41, 5.74) is 1.16.